The van der Waals surface area contributed by atoms with Gasteiger partial charge < -0.3 is 15.2 Å². The van der Waals surface area contributed by atoms with Crippen LogP contribution in [0.3, 0.4) is 0 Å². The van der Waals surface area contributed by atoms with E-state index < -0.39 is 11.8 Å². The van der Waals surface area contributed by atoms with Gasteiger partial charge in [-0.15, -0.1) is 0 Å². The Morgan fingerprint density at radius 1 is 1.19 bits per heavy atom. The maximum absolute atomic E-state index is 14.2. The van der Waals surface area contributed by atoms with Crippen LogP contribution in [0.4, 0.5) is 10.1 Å². The zero-order chi connectivity index (χ0) is 15.4. The summed E-state index contributed by atoms with van der Waals surface area (Å²) in [7, 11) is 1.27. The molecule has 0 aromatic heterocycles. The second-order valence-electron chi connectivity index (χ2n) is 4.37. The fraction of sp³-hybridized carbons (Fsp3) is 0.188. The molecule has 0 atom stereocenters. The monoisotopic (exact) mass is 289 g/mol. The van der Waals surface area contributed by atoms with Gasteiger partial charge in [-0.2, -0.15) is 0 Å². The van der Waals surface area contributed by atoms with Gasteiger partial charge in [0.1, 0.15) is 11.6 Å². The van der Waals surface area contributed by atoms with Crippen LogP contribution in [0.25, 0.3) is 11.1 Å². The number of anilines is 1. The third kappa shape index (κ3) is 3.13. The fourth-order valence-corrected chi connectivity index (χ4v) is 2.05. The summed E-state index contributed by atoms with van der Waals surface area (Å²) in [5.41, 5.74) is 7.03. The number of nitrogens with two attached hydrogens (primary N) is 1. The van der Waals surface area contributed by atoms with Crippen LogP contribution in [0.15, 0.2) is 36.4 Å². The van der Waals surface area contributed by atoms with Gasteiger partial charge in [0, 0.05) is 17.3 Å². The van der Waals surface area contributed by atoms with E-state index in [0.29, 0.717) is 29.2 Å². The van der Waals surface area contributed by atoms with Gasteiger partial charge in [-0.1, -0.05) is 6.07 Å². The highest BCUT2D eigenvalue weighted by atomic mass is 19.1. The van der Waals surface area contributed by atoms with Gasteiger partial charge in [-0.3, -0.25) is 0 Å². The first kappa shape index (κ1) is 14.8. The lowest BCUT2D eigenvalue weighted by Crippen LogP contribution is -2.05. The Labute approximate surface area is 122 Å². The molecule has 0 bridgehead atoms. The van der Waals surface area contributed by atoms with Crippen LogP contribution in [0.5, 0.6) is 5.75 Å². The Morgan fingerprint density at radius 3 is 2.52 bits per heavy atom. The molecule has 2 aromatic carbocycles. The summed E-state index contributed by atoms with van der Waals surface area (Å²) in [6.07, 6.45) is 0. The third-order valence-corrected chi connectivity index (χ3v) is 2.99. The molecule has 2 rings (SSSR count). The number of nitrogen functional groups attached to an aromatic ring is 1. The van der Waals surface area contributed by atoms with Crippen LogP contribution in [0, 0.1) is 5.82 Å². The minimum atomic E-state index is -0.564. The molecule has 2 N–H and O–H groups in total. The lowest BCUT2D eigenvalue weighted by atomic mass is 9.98. The smallest absolute Gasteiger partial charge is 0.338 e. The number of halogens is 1. The highest BCUT2D eigenvalue weighted by Crippen LogP contribution is 2.30. The second-order valence-corrected chi connectivity index (χ2v) is 4.37. The predicted molar refractivity (Wildman–Crippen MR) is 78.8 cm³/mol. The van der Waals surface area contributed by atoms with E-state index in [-0.39, 0.29) is 5.56 Å². The first-order chi connectivity index (χ1) is 10.1. The number of hydrogen-bond acceptors (Lipinski definition) is 4. The summed E-state index contributed by atoms with van der Waals surface area (Å²) in [5, 5.41) is 0. The molecule has 0 amide bonds. The summed E-state index contributed by atoms with van der Waals surface area (Å²) < 4.78 is 24.2. The molecule has 2 aromatic rings. The van der Waals surface area contributed by atoms with E-state index in [2.05, 4.69) is 0 Å². The maximum atomic E-state index is 14.2. The molecule has 0 saturated heterocycles. The number of ether oxygens (including phenoxy) is 2. The van der Waals surface area contributed by atoms with Crippen molar-refractivity contribution in [1.82, 2.24) is 0 Å². The van der Waals surface area contributed by atoms with E-state index in [0.717, 1.165) is 0 Å². The van der Waals surface area contributed by atoms with Crippen molar-refractivity contribution in [3.05, 3.63) is 47.8 Å². The van der Waals surface area contributed by atoms with Crippen molar-refractivity contribution in [2.24, 2.45) is 0 Å². The molecular weight excluding hydrogens is 273 g/mol. The molecule has 0 fully saturated rings. The average molecular weight is 289 g/mol. The van der Waals surface area contributed by atoms with Crippen molar-refractivity contribution in [2.75, 3.05) is 19.5 Å². The van der Waals surface area contributed by atoms with Crippen molar-refractivity contribution < 1.29 is 18.7 Å². The van der Waals surface area contributed by atoms with Gasteiger partial charge in [0.25, 0.3) is 0 Å². The molecule has 21 heavy (non-hydrogen) atoms. The van der Waals surface area contributed by atoms with Crippen LogP contribution in [0.2, 0.25) is 0 Å². The Kier molecular flexibility index (Phi) is 4.42. The number of hydrogen-bond donors (Lipinski definition) is 1. The van der Waals surface area contributed by atoms with E-state index in [1.165, 1.54) is 19.2 Å². The molecule has 0 aliphatic heterocycles. The predicted octanol–water partition coefficient (Wildman–Crippen LogP) is 3.26. The first-order valence-corrected chi connectivity index (χ1v) is 6.47. The lowest BCUT2D eigenvalue weighted by molar-refractivity contribution is 0.0601. The highest BCUT2D eigenvalue weighted by Gasteiger charge is 2.16. The molecule has 4 nitrogen and oxygen atoms in total. The largest absolute Gasteiger partial charge is 0.494 e. The van der Waals surface area contributed by atoms with Crippen molar-refractivity contribution >= 4 is 11.7 Å². The van der Waals surface area contributed by atoms with Crippen LogP contribution in [-0.2, 0) is 4.74 Å². The summed E-state index contributed by atoms with van der Waals surface area (Å²) >= 11 is 0. The molecule has 110 valence electrons. The van der Waals surface area contributed by atoms with Gasteiger partial charge >= 0.3 is 5.97 Å². The molecule has 5 heteroatoms. The van der Waals surface area contributed by atoms with Crippen LogP contribution in [0.1, 0.15) is 17.3 Å². The molecule has 0 heterocycles. The number of carbonyl (C=O) groups excluding carboxylic acids is 1. The molecule has 0 spiro atoms. The van der Waals surface area contributed by atoms with Gasteiger partial charge in [0.05, 0.1) is 19.3 Å². The van der Waals surface area contributed by atoms with Crippen LogP contribution in [-0.4, -0.2) is 19.7 Å². The normalized spacial score (nSPS) is 10.2. The summed E-state index contributed by atoms with van der Waals surface area (Å²) in [5.74, 6) is -0.602. The molecule has 0 aliphatic rings. The molecule has 0 saturated carbocycles. The fourth-order valence-electron chi connectivity index (χ4n) is 2.05. The molecular formula is C16H16FNO3. The zero-order valence-electron chi connectivity index (χ0n) is 11.9. The van der Waals surface area contributed by atoms with E-state index in [1.807, 2.05) is 6.92 Å². The Morgan fingerprint density at radius 2 is 1.90 bits per heavy atom. The van der Waals surface area contributed by atoms with Gasteiger partial charge in [-0.25, -0.2) is 9.18 Å². The van der Waals surface area contributed by atoms with Gasteiger partial charge in [-0.05, 0) is 36.8 Å². The van der Waals surface area contributed by atoms with Gasteiger partial charge in [0.15, 0.2) is 0 Å². The van der Waals surface area contributed by atoms with Gasteiger partial charge in [0.2, 0.25) is 0 Å². The van der Waals surface area contributed by atoms with Crippen molar-refractivity contribution in [3.8, 4) is 16.9 Å². The highest BCUT2D eigenvalue weighted by molar-refractivity contribution is 5.98. The van der Waals surface area contributed by atoms with Crippen LogP contribution < -0.4 is 10.5 Å². The first-order valence-electron chi connectivity index (χ1n) is 6.47. The van der Waals surface area contributed by atoms with E-state index in [9.17, 15) is 9.18 Å². The SMILES string of the molecule is CCOc1ccc(-c2ccc(N)cc2C(=O)OC)c(F)c1. The van der Waals surface area contributed by atoms with Crippen LogP contribution >= 0.6 is 0 Å². The van der Waals surface area contributed by atoms with E-state index in [1.54, 1.807) is 24.3 Å². The standard InChI is InChI=1S/C16H16FNO3/c1-3-21-11-5-7-13(15(17)9-11)12-6-4-10(18)8-14(12)16(19)20-2/h4-9H,3,18H2,1-2H3. The van der Waals surface area contributed by atoms with E-state index >= 15 is 0 Å². The molecule has 0 unspecified atom stereocenters. The van der Waals surface area contributed by atoms with Crippen molar-refractivity contribution in [2.45, 2.75) is 6.92 Å². The Hall–Kier alpha value is -2.56. The van der Waals surface area contributed by atoms with Crippen molar-refractivity contribution in [1.29, 1.82) is 0 Å². The minimum Gasteiger partial charge on any atom is -0.494 e. The summed E-state index contributed by atoms with van der Waals surface area (Å²) in [6.45, 7) is 2.27. The molecule has 0 radical (unpaired) electrons. The number of benzene rings is 2. The number of esters is 1. The molecule has 0 aliphatic carbocycles. The number of rotatable bonds is 4. The zero-order valence-corrected chi connectivity index (χ0v) is 11.9. The Balaban J connectivity index is 2.54. The maximum Gasteiger partial charge on any atom is 0.338 e. The quantitative estimate of drug-likeness (QED) is 0.693. The summed E-state index contributed by atoms with van der Waals surface area (Å²) in [4.78, 5) is 11.8. The third-order valence-electron chi connectivity index (χ3n) is 2.99. The minimum absolute atomic E-state index is 0.223. The lowest BCUT2D eigenvalue weighted by Gasteiger charge is -2.11. The average Bonchev–Trinajstić information content (AvgIpc) is 2.47. The summed E-state index contributed by atoms with van der Waals surface area (Å²) in [6, 6.07) is 9.18. The topological polar surface area (TPSA) is 61.5 Å². The Bertz CT molecular complexity index is 671. The number of methoxy groups -OCH3 is 1. The van der Waals surface area contributed by atoms with E-state index in [4.69, 9.17) is 15.2 Å². The number of carbonyl (C=O) groups is 1. The van der Waals surface area contributed by atoms with Crippen molar-refractivity contribution in [3.63, 3.8) is 0 Å². The second kappa shape index (κ2) is 6.26.